The van der Waals surface area contributed by atoms with Crippen LogP contribution in [0.25, 0.3) is 22.3 Å². The van der Waals surface area contributed by atoms with Crippen molar-refractivity contribution < 1.29 is 23.4 Å². The van der Waals surface area contributed by atoms with Gasteiger partial charge in [0.1, 0.15) is 17.1 Å². The summed E-state index contributed by atoms with van der Waals surface area (Å²) in [5, 5.41) is 0.568. The van der Waals surface area contributed by atoms with E-state index in [4.69, 9.17) is 30.2 Å². The van der Waals surface area contributed by atoms with Crippen LogP contribution < -0.4 is 19.6 Å². The van der Waals surface area contributed by atoms with Crippen LogP contribution in [0.2, 0.25) is 5.02 Å². The largest absolute Gasteiger partial charge is 0.497 e. The summed E-state index contributed by atoms with van der Waals surface area (Å²) >= 11 is 6.03. The molecule has 156 valence electrons. The molecule has 0 radical (unpaired) electrons. The molecular formula is C24H17ClO6. The standard InChI is InChI=1S/C24H17ClO6/c1-28-17-10-7-15(8-11-17)23-24(22(27)19-13-16(25)9-12-20(19)30-23)31-21(26)14-29-18-5-3-2-4-6-18/h2-13H,14H2,1H3. The van der Waals surface area contributed by atoms with Crippen molar-refractivity contribution in [1.29, 1.82) is 0 Å². The lowest BCUT2D eigenvalue weighted by Crippen LogP contribution is -2.21. The van der Waals surface area contributed by atoms with Gasteiger partial charge in [-0.05, 0) is 54.6 Å². The number of methoxy groups -OCH3 is 1. The van der Waals surface area contributed by atoms with Crippen LogP contribution in [-0.4, -0.2) is 19.7 Å². The van der Waals surface area contributed by atoms with Crippen LogP contribution in [0.3, 0.4) is 0 Å². The van der Waals surface area contributed by atoms with Gasteiger partial charge in [0.2, 0.25) is 11.2 Å². The molecular weight excluding hydrogens is 420 g/mol. The summed E-state index contributed by atoms with van der Waals surface area (Å²) in [5.74, 6) is 0.282. The number of benzene rings is 3. The van der Waals surface area contributed by atoms with Crippen LogP contribution in [-0.2, 0) is 4.79 Å². The fourth-order valence-electron chi connectivity index (χ4n) is 2.98. The van der Waals surface area contributed by atoms with E-state index in [2.05, 4.69) is 0 Å². The normalized spacial score (nSPS) is 10.6. The predicted octanol–water partition coefficient (Wildman–Crippen LogP) is 5.11. The molecule has 0 spiro atoms. The highest BCUT2D eigenvalue weighted by Gasteiger charge is 2.21. The maximum atomic E-state index is 13.1. The second kappa shape index (κ2) is 8.93. The van der Waals surface area contributed by atoms with Gasteiger partial charge in [0.05, 0.1) is 12.5 Å². The molecule has 0 N–H and O–H groups in total. The fraction of sp³-hybridized carbons (Fsp3) is 0.0833. The Bertz CT molecular complexity index is 1280. The van der Waals surface area contributed by atoms with Gasteiger partial charge >= 0.3 is 5.97 Å². The Hall–Kier alpha value is -3.77. The van der Waals surface area contributed by atoms with Crippen molar-refractivity contribution in [2.75, 3.05) is 13.7 Å². The van der Waals surface area contributed by atoms with Crippen molar-refractivity contribution in [2.45, 2.75) is 0 Å². The van der Waals surface area contributed by atoms with Gasteiger partial charge in [-0.3, -0.25) is 4.79 Å². The molecule has 1 aromatic heterocycles. The first-order chi connectivity index (χ1) is 15.0. The maximum Gasteiger partial charge on any atom is 0.349 e. The summed E-state index contributed by atoms with van der Waals surface area (Å²) in [5.41, 5.74) is 0.352. The van der Waals surface area contributed by atoms with Crippen molar-refractivity contribution in [3.8, 4) is 28.6 Å². The number of carbonyl (C=O) groups is 1. The molecule has 0 aliphatic heterocycles. The van der Waals surface area contributed by atoms with Gasteiger partial charge in [-0.15, -0.1) is 0 Å². The van der Waals surface area contributed by atoms with Crippen molar-refractivity contribution in [3.05, 3.63) is 88.0 Å². The molecule has 7 heteroatoms. The summed E-state index contributed by atoms with van der Waals surface area (Å²) in [6, 6.07) is 20.3. The molecule has 0 fully saturated rings. The van der Waals surface area contributed by atoms with Gasteiger partial charge in [0.25, 0.3) is 0 Å². The first kappa shape index (κ1) is 20.5. The first-order valence-electron chi connectivity index (χ1n) is 9.34. The quantitative estimate of drug-likeness (QED) is 0.391. The van der Waals surface area contributed by atoms with E-state index >= 15 is 0 Å². The smallest absolute Gasteiger partial charge is 0.349 e. The molecule has 6 nitrogen and oxygen atoms in total. The minimum absolute atomic E-state index is 0.121. The third-order valence-corrected chi connectivity index (χ3v) is 4.71. The van der Waals surface area contributed by atoms with Crippen molar-refractivity contribution >= 4 is 28.5 Å². The summed E-state index contributed by atoms with van der Waals surface area (Å²) in [4.78, 5) is 25.6. The van der Waals surface area contributed by atoms with Gasteiger partial charge in [-0.25, -0.2) is 4.79 Å². The third kappa shape index (κ3) is 4.54. The van der Waals surface area contributed by atoms with Gasteiger partial charge in [-0.2, -0.15) is 0 Å². The molecule has 0 aliphatic carbocycles. The molecule has 0 aliphatic rings. The number of esters is 1. The van der Waals surface area contributed by atoms with Crippen LogP contribution in [0.1, 0.15) is 0 Å². The zero-order valence-corrected chi connectivity index (χ0v) is 17.2. The van der Waals surface area contributed by atoms with Gasteiger partial charge in [0.15, 0.2) is 12.4 Å². The highest BCUT2D eigenvalue weighted by Crippen LogP contribution is 2.32. The Kier molecular flexibility index (Phi) is 5.91. The summed E-state index contributed by atoms with van der Waals surface area (Å²) in [6.45, 7) is -0.376. The number of ether oxygens (including phenoxy) is 3. The number of hydrogen-bond acceptors (Lipinski definition) is 6. The lowest BCUT2D eigenvalue weighted by Gasteiger charge is -2.11. The topological polar surface area (TPSA) is 75.0 Å². The highest BCUT2D eigenvalue weighted by molar-refractivity contribution is 6.31. The van der Waals surface area contributed by atoms with Crippen LogP contribution >= 0.6 is 11.6 Å². The monoisotopic (exact) mass is 436 g/mol. The average molecular weight is 437 g/mol. The Labute approximate surface area is 182 Å². The van der Waals surface area contributed by atoms with Crippen molar-refractivity contribution in [3.63, 3.8) is 0 Å². The van der Waals surface area contributed by atoms with Crippen LogP contribution in [0.4, 0.5) is 0 Å². The average Bonchev–Trinajstić information content (AvgIpc) is 2.80. The van der Waals surface area contributed by atoms with Crippen LogP contribution in [0, 0.1) is 0 Å². The second-order valence-electron chi connectivity index (χ2n) is 6.53. The van der Waals surface area contributed by atoms with E-state index in [1.807, 2.05) is 6.07 Å². The highest BCUT2D eigenvalue weighted by atomic mass is 35.5. The van der Waals surface area contributed by atoms with Crippen LogP contribution in [0.5, 0.6) is 17.2 Å². The van der Waals surface area contributed by atoms with Crippen molar-refractivity contribution in [1.82, 2.24) is 0 Å². The third-order valence-electron chi connectivity index (χ3n) is 4.48. The molecule has 4 aromatic rings. The Morgan fingerprint density at radius 3 is 2.42 bits per heavy atom. The molecule has 0 atom stereocenters. The number of para-hydroxylation sites is 1. The van der Waals surface area contributed by atoms with Gasteiger partial charge in [0, 0.05) is 10.6 Å². The molecule has 0 saturated heterocycles. The van der Waals surface area contributed by atoms with Crippen LogP contribution in [0.15, 0.2) is 82.0 Å². The van der Waals surface area contributed by atoms with E-state index in [0.29, 0.717) is 27.7 Å². The minimum Gasteiger partial charge on any atom is -0.497 e. The Morgan fingerprint density at radius 1 is 0.968 bits per heavy atom. The number of halogens is 1. The zero-order chi connectivity index (χ0) is 21.8. The second-order valence-corrected chi connectivity index (χ2v) is 6.97. The molecule has 0 amide bonds. The van der Waals surface area contributed by atoms with Gasteiger partial charge < -0.3 is 18.6 Å². The molecule has 0 bridgehead atoms. The first-order valence-corrected chi connectivity index (χ1v) is 9.72. The Balaban J connectivity index is 1.72. The summed E-state index contributed by atoms with van der Waals surface area (Å²) in [7, 11) is 1.55. The summed E-state index contributed by atoms with van der Waals surface area (Å²) in [6.07, 6.45) is 0. The van der Waals surface area contributed by atoms with E-state index in [1.165, 1.54) is 6.07 Å². The van der Waals surface area contributed by atoms with Gasteiger partial charge in [-0.1, -0.05) is 29.8 Å². The van der Waals surface area contributed by atoms with E-state index in [1.54, 1.807) is 67.8 Å². The van der Waals surface area contributed by atoms with E-state index < -0.39 is 11.4 Å². The van der Waals surface area contributed by atoms with E-state index in [9.17, 15) is 9.59 Å². The number of fused-ring (bicyclic) bond motifs is 1. The lowest BCUT2D eigenvalue weighted by molar-refractivity contribution is -0.136. The lowest BCUT2D eigenvalue weighted by atomic mass is 10.1. The number of rotatable bonds is 6. The van der Waals surface area contributed by atoms with E-state index in [-0.39, 0.29) is 23.5 Å². The molecule has 0 unspecified atom stereocenters. The summed E-state index contributed by atoms with van der Waals surface area (Å²) < 4.78 is 21.9. The number of hydrogen-bond donors (Lipinski definition) is 0. The Morgan fingerprint density at radius 2 is 1.71 bits per heavy atom. The van der Waals surface area contributed by atoms with E-state index in [0.717, 1.165) is 0 Å². The SMILES string of the molecule is COc1ccc(-c2oc3ccc(Cl)cc3c(=O)c2OC(=O)COc2ccccc2)cc1. The molecule has 1 heterocycles. The fourth-order valence-corrected chi connectivity index (χ4v) is 3.15. The van der Waals surface area contributed by atoms with Crippen molar-refractivity contribution in [2.24, 2.45) is 0 Å². The zero-order valence-electron chi connectivity index (χ0n) is 16.5. The molecule has 31 heavy (non-hydrogen) atoms. The molecule has 4 rings (SSSR count). The minimum atomic E-state index is -0.743. The molecule has 0 saturated carbocycles. The maximum absolute atomic E-state index is 13.1. The predicted molar refractivity (Wildman–Crippen MR) is 117 cm³/mol. The number of carbonyl (C=O) groups excluding carboxylic acids is 1. The molecule has 3 aromatic carbocycles.